The van der Waals surface area contributed by atoms with E-state index in [1.165, 1.54) is 103 Å². The average molecular weight is 1120 g/mol. The van der Waals surface area contributed by atoms with Crippen LogP contribution in [0.5, 0.6) is 0 Å². The van der Waals surface area contributed by atoms with E-state index in [0.29, 0.717) is 12.8 Å². The summed E-state index contributed by atoms with van der Waals surface area (Å²) in [5.41, 5.74) is 0. The van der Waals surface area contributed by atoms with Crippen molar-refractivity contribution >= 4 is 5.91 Å². The Hall–Kier alpha value is -2.57. The lowest BCUT2D eigenvalue weighted by atomic mass is 9.97. The lowest BCUT2D eigenvalue weighted by Crippen LogP contribution is -2.65. The largest absolute Gasteiger partial charge is 0.394 e. The van der Waals surface area contributed by atoms with Crippen LogP contribution in [0.3, 0.4) is 0 Å². The van der Waals surface area contributed by atoms with Crippen molar-refractivity contribution in [3.63, 3.8) is 0 Å². The molecule has 79 heavy (non-hydrogen) atoms. The Kier molecular flexibility index (Phi) is 45.9. The summed E-state index contributed by atoms with van der Waals surface area (Å²) in [5, 5.41) is 87.4. The first kappa shape index (κ1) is 72.5. The van der Waals surface area contributed by atoms with Crippen molar-refractivity contribution in [1.82, 2.24) is 5.32 Å². The summed E-state index contributed by atoms with van der Waals surface area (Å²) in [5.74, 6) is -0.222. The van der Waals surface area contributed by atoms with Gasteiger partial charge in [-0.3, -0.25) is 4.79 Å². The molecular weight excluding hydrogens is 1000 g/mol. The Morgan fingerprint density at radius 2 is 0.873 bits per heavy atom. The molecule has 9 N–H and O–H groups in total. The van der Waals surface area contributed by atoms with Crippen molar-refractivity contribution in [2.75, 3.05) is 19.8 Å². The highest BCUT2D eigenvalue weighted by atomic mass is 16.7. The van der Waals surface area contributed by atoms with E-state index in [-0.39, 0.29) is 18.9 Å². The van der Waals surface area contributed by atoms with Gasteiger partial charge in [0.2, 0.25) is 5.91 Å². The van der Waals surface area contributed by atoms with E-state index in [1.807, 2.05) is 0 Å². The maximum atomic E-state index is 13.3. The third-order valence-corrected chi connectivity index (χ3v) is 15.2. The molecule has 0 bridgehead atoms. The van der Waals surface area contributed by atoms with Crippen LogP contribution >= 0.6 is 0 Å². The summed E-state index contributed by atoms with van der Waals surface area (Å²) >= 11 is 0. The Labute approximate surface area is 478 Å². The molecule has 2 fully saturated rings. The lowest BCUT2D eigenvalue weighted by Gasteiger charge is -2.46. The van der Waals surface area contributed by atoms with Crippen molar-refractivity contribution in [3.05, 3.63) is 72.9 Å². The number of unbranched alkanes of at least 4 members (excludes halogenated alkanes) is 25. The average Bonchev–Trinajstić information content (AvgIpc) is 3.47. The molecule has 12 atom stereocenters. The van der Waals surface area contributed by atoms with E-state index in [1.54, 1.807) is 0 Å². The van der Waals surface area contributed by atoms with Crippen LogP contribution in [0.1, 0.15) is 239 Å². The number of hydrogen-bond donors (Lipinski definition) is 9. The zero-order chi connectivity index (χ0) is 57.4. The van der Waals surface area contributed by atoms with Gasteiger partial charge < -0.3 is 65.1 Å². The maximum absolute atomic E-state index is 13.3. The standard InChI is InChI=1S/C65H115NO13/c1-3-5-7-9-11-13-15-17-19-21-23-25-26-27-28-29-31-33-35-37-39-41-43-45-47-49-57(70)66-53(54(69)48-46-44-42-40-38-36-34-32-30-24-22-20-18-16-14-12-10-8-6-4-2)52-76-64-62(75)60(73)63(56(51-68)78-64)79-65-61(74)59(72)58(71)55(50-67)77-65/h5,7,11,13,17,19,23,25,27-28,31,33,53-56,58-65,67-69,71-75H,3-4,6,8-10,12,14-16,18,20-22,24,26,29-30,32,34-52H2,1-2H3,(H,66,70)/b7-5-,13-11-,19-17-,25-23-,28-27-,33-31-. The van der Waals surface area contributed by atoms with Crippen LogP contribution in [0, 0.1) is 0 Å². The van der Waals surface area contributed by atoms with Crippen LogP contribution in [-0.4, -0.2) is 140 Å². The Morgan fingerprint density at radius 1 is 0.468 bits per heavy atom. The van der Waals surface area contributed by atoms with Gasteiger partial charge in [-0.15, -0.1) is 0 Å². The number of carbonyl (C=O) groups excluding carboxylic acids is 1. The van der Waals surface area contributed by atoms with E-state index >= 15 is 0 Å². The van der Waals surface area contributed by atoms with Crippen LogP contribution in [0.2, 0.25) is 0 Å². The number of aliphatic hydroxyl groups excluding tert-OH is 8. The number of ether oxygens (including phenoxy) is 4. The second kappa shape index (κ2) is 50.0. The number of nitrogens with one attached hydrogen (secondary N) is 1. The van der Waals surface area contributed by atoms with E-state index in [2.05, 4.69) is 92.1 Å². The molecule has 0 spiro atoms. The predicted molar refractivity (Wildman–Crippen MR) is 318 cm³/mol. The van der Waals surface area contributed by atoms with Crippen LogP contribution in [0.25, 0.3) is 0 Å². The molecule has 0 radical (unpaired) electrons. The molecule has 0 aliphatic carbocycles. The highest BCUT2D eigenvalue weighted by molar-refractivity contribution is 5.76. The number of hydrogen-bond acceptors (Lipinski definition) is 13. The van der Waals surface area contributed by atoms with Gasteiger partial charge in [-0.05, 0) is 64.2 Å². The van der Waals surface area contributed by atoms with Crippen molar-refractivity contribution in [3.8, 4) is 0 Å². The summed E-state index contributed by atoms with van der Waals surface area (Å²) in [6, 6.07) is -0.842. The molecule has 14 heteroatoms. The molecule has 1 amide bonds. The smallest absolute Gasteiger partial charge is 0.220 e. The fourth-order valence-electron chi connectivity index (χ4n) is 10.1. The summed E-state index contributed by atoms with van der Waals surface area (Å²) in [4.78, 5) is 13.3. The van der Waals surface area contributed by atoms with Gasteiger partial charge in [-0.1, -0.05) is 241 Å². The third-order valence-electron chi connectivity index (χ3n) is 15.2. The minimum Gasteiger partial charge on any atom is -0.394 e. The number of rotatable bonds is 50. The molecule has 0 aromatic carbocycles. The molecule has 2 aliphatic rings. The zero-order valence-electron chi connectivity index (χ0n) is 49.3. The van der Waals surface area contributed by atoms with Gasteiger partial charge in [-0.25, -0.2) is 0 Å². The van der Waals surface area contributed by atoms with Gasteiger partial charge >= 0.3 is 0 Å². The molecule has 2 heterocycles. The number of allylic oxidation sites excluding steroid dienone is 12. The minimum atomic E-state index is -1.79. The Morgan fingerprint density at radius 3 is 1.34 bits per heavy atom. The molecule has 2 saturated heterocycles. The van der Waals surface area contributed by atoms with Crippen molar-refractivity contribution < 1.29 is 64.6 Å². The van der Waals surface area contributed by atoms with Gasteiger partial charge in [0, 0.05) is 6.42 Å². The normalized spacial score (nSPS) is 24.9. The summed E-state index contributed by atoms with van der Waals surface area (Å²) in [6.45, 7) is 2.75. The highest BCUT2D eigenvalue weighted by Crippen LogP contribution is 2.30. The Bertz CT molecular complexity index is 1600. The predicted octanol–water partition coefficient (Wildman–Crippen LogP) is 11.5. The van der Waals surface area contributed by atoms with Crippen LogP contribution in [0.15, 0.2) is 72.9 Å². The maximum Gasteiger partial charge on any atom is 0.220 e. The quantitative estimate of drug-likeness (QED) is 0.0204. The summed E-state index contributed by atoms with van der Waals surface area (Å²) < 4.78 is 22.9. The SMILES string of the molecule is CC/C=C\C/C=C\C/C=C\C/C=C\C/C=C\C/C=C\CCCCCCCCC(=O)NC(COC1OC(CO)C(OC2OC(CO)C(O)C(O)C2O)C(O)C1O)C(O)CCCCCCCCCCCCCCCCCCCCCC. The molecular formula is C65H115NO13. The summed E-state index contributed by atoms with van der Waals surface area (Å²) in [6.07, 6.45) is 48.9. The van der Waals surface area contributed by atoms with Crippen molar-refractivity contribution in [2.24, 2.45) is 0 Å². The van der Waals surface area contributed by atoms with Crippen molar-refractivity contribution in [1.29, 1.82) is 0 Å². The summed E-state index contributed by atoms with van der Waals surface area (Å²) in [7, 11) is 0. The van der Waals surface area contributed by atoms with Crippen LogP contribution in [0.4, 0.5) is 0 Å². The molecule has 2 rings (SSSR count). The molecule has 458 valence electrons. The van der Waals surface area contributed by atoms with E-state index in [9.17, 15) is 45.6 Å². The number of carbonyl (C=O) groups is 1. The Balaban J connectivity index is 1.74. The van der Waals surface area contributed by atoms with Gasteiger partial charge in [0.15, 0.2) is 12.6 Å². The van der Waals surface area contributed by atoms with Crippen LogP contribution < -0.4 is 5.32 Å². The number of aliphatic hydroxyl groups is 8. The molecule has 0 saturated carbocycles. The van der Waals surface area contributed by atoms with Gasteiger partial charge in [0.1, 0.15) is 48.8 Å². The van der Waals surface area contributed by atoms with Gasteiger partial charge in [0.25, 0.3) is 0 Å². The first-order valence-corrected chi connectivity index (χ1v) is 31.7. The lowest BCUT2D eigenvalue weighted by molar-refractivity contribution is -0.359. The monoisotopic (exact) mass is 1120 g/mol. The van der Waals surface area contributed by atoms with Crippen LogP contribution in [-0.2, 0) is 23.7 Å². The van der Waals surface area contributed by atoms with E-state index in [4.69, 9.17) is 18.9 Å². The topological polar surface area (TPSA) is 228 Å². The van der Waals surface area contributed by atoms with E-state index < -0.39 is 86.8 Å². The number of amides is 1. The van der Waals surface area contributed by atoms with Gasteiger partial charge in [-0.2, -0.15) is 0 Å². The minimum absolute atomic E-state index is 0.222. The van der Waals surface area contributed by atoms with Crippen molar-refractivity contribution in [2.45, 2.75) is 312 Å². The molecule has 12 unspecified atom stereocenters. The fraction of sp³-hybridized carbons (Fsp3) is 0.800. The molecule has 0 aromatic heterocycles. The third kappa shape index (κ3) is 35.2. The second-order valence-electron chi connectivity index (χ2n) is 22.2. The molecule has 0 aromatic rings. The first-order chi connectivity index (χ1) is 38.6. The molecule has 2 aliphatic heterocycles. The fourth-order valence-corrected chi connectivity index (χ4v) is 10.1. The van der Waals surface area contributed by atoms with E-state index in [0.717, 1.165) is 103 Å². The zero-order valence-corrected chi connectivity index (χ0v) is 49.3. The second-order valence-corrected chi connectivity index (χ2v) is 22.2. The van der Waals surface area contributed by atoms with Gasteiger partial charge in [0.05, 0.1) is 32.0 Å². The highest BCUT2D eigenvalue weighted by Gasteiger charge is 2.51. The first-order valence-electron chi connectivity index (χ1n) is 31.7. The molecule has 14 nitrogen and oxygen atoms in total.